The van der Waals surface area contributed by atoms with Crippen LogP contribution in [-0.2, 0) is 6.54 Å². The van der Waals surface area contributed by atoms with Crippen LogP contribution in [0.1, 0.15) is 18.4 Å². The lowest BCUT2D eigenvalue weighted by Gasteiger charge is -2.14. The number of anilines is 1. The Hall–Kier alpha value is -2.36. The number of benzene rings is 2. The molecule has 3 nitrogen and oxygen atoms in total. The van der Waals surface area contributed by atoms with Gasteiger partial charge < -0.3 is 10.3 Å². The monoisotopic (exact) mass is 269 g/mol. The van der Waals surface area contributed by atoms with Gasteiger partial charge in [-0.05, 0) is 23.6 Å². The van der Waals surface area contributed by atoms with Crippen LogP contribution in [0.25, 0.3) is 11.0 Å². The molecule has 20 heavy (non-hydrogen) atoms. The third kappa shape index (κ3) is 2.25. The second-order valence-electron chi connectivity index (χ2n) is 5.03. The summed E-state index contributed by atoms with van der Waals surface area (Å²) in [6, 6.07) is 14.8. The topological polar surface area (TPSA) is 43.8 Å². The first-order chi connectivity index (χ1) is 9.65. The van der Waals surface area contributed by atoms with E-state index in [2.05, 4.69) is 24.0 Å². The fraction of sp³-hybridized carbons (Fsp3) is 0.188. The molecule has 1 aromatic heterocycles. The average Bonchev–Trinajstić information content (AvgIpc) is 2.75. The lowest BCUT2D eigenvalue weighted by atomic mass is 10.0. The highest BCUT2D eigenvalue weighted by atomic mass is 19.1. The van der Waals surface area contributed by atoms with Crippen LogP contribution >= 0.6 is 0 Å². The summed E-state index contributed by atoms with van der Waals surface area (Å²) in [7, 11) is 0. The number of imidazole rings is 1. The van der Waals surface area contributed by atoms with Crippen LogP contribution in [0.4, 0.5) is 10.3 Å². The van der Waals surface area contributed by atoms with Crippen LogP contribution < -0.4 is 5.73 Å². The molecule has 0 saturated heterocycles. The number of rotatable bonds is 3. The molecule has 0 amide bonds. The zero-order valence-electron chi connectivity index (χ0n) is 11.3. The van der Waals surface area contributed by atoms with Gasteiger partial charge in [-0.2, -0.15) is 0 Å². The van der Waals surface area contributed by atoms with Crippen molar-refractivity contribution in [1.29, 1.82) is 0 Å². The fourth-order valence-electron chi connectivity index (χ4n) is 2.47. The van der Waals surface area contributed by atoms with Gasteiger partial charge in [0.05, 0.1) is 11.0 Å². The molecule has 0 saturated carbocycles. The van der Waals surface area contributed by atoms with Gasteiger partial charge in [-0.25, -0.2) is 9.37 Å². The molecule has 1 heterocycles. The molecule has 0 aliphatic heterocycles. The summed E-state index contributed by atoms with van der Waals surface area (Å²) < 4.78 is 15.2. The Bertz CT molecular complexity index is 734. The van der Waals surface area contributed by atoms with Crippen LogP contribution in [0, 0.1) is 5.82 Å². The third-order valence-electron chi connectivity index (χ3n) is 3.56. The number of aromatic nitrogens is 2. The molecule has 2 N–H and O–H groups in total. The largest absolute Gasteiger partial charge is 0.369 e. The Balaban J connectivity index is 1.97. The predicted molar refractivity (Wildman–Crippen MR) is 79.0 cm³/mol. The normalized spacial score (nSPS) is 12.7. The number of halogens is 1. The van der Waals surface area contributed by atoms with Gasteiger partial charge in [-0.1, -0.05) is 37.3 Å². The van der Waals surface area contributed by atoms with E-state index in [0.717, 1.165) is 12.1 Å². The minimum Gasteiger partial charge on any atom is -0.369 e. The van der Waals surface area contributed by atoms with Gasteiger partial charge in [0.2, 0.25) is 5.95 Å². The molecule has 0 radical (unpaired) electrons. The Labute approximate surface area is 116 Å². The van der Waals surface area contributed by atoms with Crippen molar-refractivity contribution in [1.82, 2.24) is 9.55 Å². The first kappa shape index (κ1) is 12.7. The number of hydrogen-bond donors (Lipinski definition) is 1. The molecule has 3 rings (SSSR count). The van der Waals surface area contributed by atoms with Gasteiger partial charge in [0.25, 0.3) is 0 Å². The summed E-state index contributed by atoms with van der Waals surface area (Å²) in [5.41, 5.74) is 8.67. The van der Waals surface area contributed by atoms with Crippen LogP contribution in [-0.4, -0.2) is 9.55 Å². The van der Waals surface area contributed by atoms with Crippen LogP contribution in [0.3, 0.4) is 0 Å². The van der Waals surface area contributed by atoms with Gasteiger partial charge in [0, 0.05) is 12.6 Å². The molecule has 4 heteroatoms. The van der Waals surface area contributed by atoms with E-state index in [4.69, 9.17) is 5.73 Å². The highest BCUT2D eigenvalue weighted by Crippen LogP contribution is 2.24. The summed E-state index contributed by atoms with van der Waals surface area (Å²) in [6.07, 6.45) is 0. The Morgan fingerprint density at radius 2 is 1.95 bits per heavy atom. The number of hydrogen-bond acceptors (Lipinski definition) is 2. The van der Waals surface area contributed by atoms with E-state index in [-0.39, 0.29) is 5.82 Å². The van der Waals surface area contributed by atoms with Crippen LogP contribution in [0.2, 0.25) is 0 Å². The summed E-state index contributed by atoms with van der Waals surface area (Å²) in [5.74, 6) is 0.438. The standard InChI is InChI=1S/C16H16FN3/c1-11(12-5-3-2-4-6-12)10-20-15-8-7-13(17)9-14(15)19-16(20)18/h2-9,11H,10H2,1H3,(H2,18,19). The van der Waals surface area contributed by atoms with Crippen LogP contribution in [0.15, 0.2) is 48.5 Å². The highest BCUT2D eigenvalue weighted by molar-refractivity contribution is 5.78. The summed E-state index contributed by atoms with van der Waals surface area (Å²) in [5, 5.41) is 0. The smallest absolute Gasteiger partial charge is 0.201 e. The Kier molecular flexibility index (Phi) is 3.14. The molecule has 1 unspecified atom stereocenters. The predicted octanol–water partition coefficient (Wildman–Crippen LogP) is 3.56. The molecule has 0 aliphatic rings. The minimum absolute atomic E-state index is 0.293. The van der Waals surface area contributed by atoms with E-state index in [1.54, 1.807) is 6.07 Å². The van der Waals surface area contributed by atoms with Gasteiger partial charge >= 0.3 is 0 Å². The van der Waals surface area contributed by atoms with Crippen molar-refractivity contribution in [2.45, 2.75) is 19.4 Å². The maximum absolute atomic E-state index is 13.2. The summed E-state index contributed by atoms with van der Waals surface area (Å²) in [6.45, 7) is 2.86. The molecular weight excluding hydrogens is 253 g/mol. The number of nitrogen functional groups attached to an aromatic ring is 1. The summed E-state index contributed by atoms with van der Waals surface area (Å²) in [4.78, 5) is 4.22. The first-order valence-electron chi connectivity index (χ1n) is 6.61. The third-order valence-corrected chi connectivity index (χ3v) is 3.56. The van der Waals surface area contributed by atoms with E-state index in [1.165, 1.54) is 17.7 Å². The molecular formula is C16H16FN3. The van der Waals surface area contributed by atoms with E-state index in [9.17, 15) is 4.39 Å². The summed E-state index contributed by atoms with van der Waals surface area (Å²) >= 11 is 0. The molecule has 0 fully saturated rings. The molecule has 102 valence electrons. The molecule has 3 aromatic rings. The van der Waals surface area contributed by atoms with Crippen molar-refractivity contribution >= 4 is 17.0 Å². The lowest BCUT2D eigenvalue weighted by Crippen LogP contribution is -2.09. The Morgan fingerprint density at radius 1 is 1.20 bits per heavy atom. The minimum atomic E-state index is -0.293. The van der Waals surface area contributed by atoms with Gasteiger partial charge in [-0.3, -0.25) is 0 Å². The first-order valence-corrected chi connectivity index (χ1v) is 6.61. The zero-order valence-corrected chi connectivity index (χ0v) is 11.3. The second-order valence-corrected chi connectivity index (χ2v) is 5.03. The molecule has 0 bridgehead atoms. The van der Waals surface area contributed by atoms with Gasteiger partial charge in [0.15, 0.2) is 0 Å². The van der Waals surface area contributed by atoms with Gasteiger partial charge in [0.1, 0.15) is 5.82 Å². The number of nitrogens with two attached hydrogens (primary N) is 1. The van der Waals surface area contributed by atoms with Crippen LogP contribution in [0.5, 0.6) is 0 Å². The van der Waals surface area contributed by atoms with E-state index in [0.29, 0.717) is 17.4 Å². The van der Waals surface area contributed by atoms with E-state index >= 15 is 0 Å². The second kappa shape index (κ2) is 4.96. The van der Waals surface area contributed by atoms with Crippen molar-refractivity contribution in [3.05, 3.63) is 59.9 Å². The van der Waals surface area contributed by atoms with Crippen molar-refractivity contribution in [2.75, 3.05) is 5.73 Å². The van der Waals surface area contributed by atoms with Crippen molar-refractivity contribution in [3.8, 4) is 0 Å². The van der Waals surface area contributed by atoms with E-state index in [1.807, 2.05) is 22.8 Å². The van der Waals surface area contributed by atoms with Crippen molar-refractivity contribution in [3.63, 3.8) is 0 Å². The van der Waals surface area contributed by atoms with Crippen molar-refractivity contribution < 1.29 is 4.39 Å². The highest BCUT2D eigenvalue weighted by Gasteiger charge is 2.13. The van der Waals surface area contributed by atoms with Crippen molar-refractivity contribution in [2.24, 2.45) is 0 Å². The molecule has 1 atom stereocenters. The molecule has 2 aromatic carbocycles. The quantitative estimate of drug-likeness (QED) is 0.790. The van der Waals surface area contributed by atoms with Gasteiger partial charge in [-0.15, -0.1) is 0 Å². The maximum atomic E-state index is 13.2. The maximum Gasteiger partial charge on any atom is 0.201 e. The van der Waals surface area contributed by atoms with E-state index < -0.39 is 0 Å². The number of nitrogens with zero attached hydrogens (tertiary/aromatic N) is 2. The SMILES string of the molecule is CC(Cn1c(N)nc2cc(F)ccc21)c1ccccc1. The zero-order chi connectivity index (χ0) is 14.1. The molecule has 0 aliphatic carbocycles. The molecule has 0 spiro atoms. The fourth-order valence-corrected chi connectivity index (χ4v) is 2.47. The lowest BCUT2D eigenvalue weighted by molar-refractivity contribution is 0.615. The number of fused-ring (bicyclic) bond motifs is 1. The Morgan fingerprint density at radius 3 is 2.70 bits per heavy atom. The average molecular weight is 269 g/mol.